The van der Waals surface area contributed by atoms with Crippen LogP contribution in [0.4, 0.5) is 0 Å². The van der Waals surface area contributed by atoms with Crippen LogP contribution in [0.3, 0.4) is 0 Å². The molecule has 2 atom stereocenters. The molecule has 2 unspecified atom stereocenters. The molecule has 6 N–H and O–H groups in total. The molecular formula is C10H16N2O6. The molecule has 0 aromatic heterocycles. The Morgan fingerprint density at radius 1 is 0.722 bits per heavy atom. The van der Waals surface area contributed by atoms with E-state index in [1.54, 1.807) is 0 Å². The van der Waals surface area contributed by atoms with Crippen molar-refractivity contribution in [1.29, 1.82) is 0 Å². The molecule has 8 nitrogen and oxygen atoms in total. The Balaban J connectivity index is 4.26. The molecule has 102 valence electrons. The number of hydrogen-bond acceptors (Lipinski definition) is 6. The molecule has 0 amide bonds. The van der Waals surface area contributed by atoms with Gasteiger partial charge in [0.1, 0.15) is 0 Å². The molecule has 0 saturated heterocycles. The zero-order valence-electron chi connectivity index (χ0n) is 9.67. The molecule has 0 aliphatic heterocycles. The average Bonchev–Trinajstić information content (AvgIpc) is 2.30. The van der Waals surface area contributed by atoms with E-state index in [1.165, 1.54) is 0 Å². The van der Waals surface area contributed by atoms with Gasteiger partial charge in [-0.3, -0.25) is 19.2 Å². The quantitative estimate of drug-likeness (QED) is 0.389. The smallest absolute Gasteiger partial charge is 0.303 e. The van der Waals surface area contributed by atoms with Gasteiger partial charge in [0, 0.05) is 12.8 Å². The van der Waals surface area contributed by atoms with Crippen molar-refractivity contribution >= 4 is 23.5 Å². The Morgan fingerprint density at radius 2 is 1.00 bits per heavy atom. The highest BCUT2D eigenvalue weighted by atomic mass is 16.4. The SMILES string of the molecule is NC(C(=O)CCC(=O)O)C(N)C(=O)CCC(=O)O. The monoisotopic (exact) mass is 260 g/mol. The number of ketones is 2. The van der Waals surface area contributed by atoms with Crippen molar-refractivity contribution < 1.29 is 29.4 Å². The van der Waals surface area contributed by atoms with Crippen molar-refractivity contribution in [2.45, 2.75) is 37.8 Å². The maximum Gasteiger partial charge on any atom is 0.303 e. The van der Waals surface area contributed by atoms with Gasteiger partial charge in [-0.1, -0.05) is 0 Å². The minimum absolute atomic E-state index is 0.309. The molecule has 0 aliphatic carbocycles. The number of rotatable bonds is 9. The van der Waals surface area contributed by atoms with Crippen LogP contribution in [0.5, 0.6) is 0 Å². The third kappa shape index (κ3) is 6.06. The predicted octanol–water partition coefficient (Wildman–Crippen LogP) is -1.49. The lowest BCUT2D eigenvalue weighted by atomic mass is 9.96. The van der Waals surface area contributed by atoms with E-state index < -0.39 is 35.6 Å². The zero-order chi connectivity index (χ0) is 14.3. The molecule has 0 aromatic carbocycles. The Kier molecular flexibility index (Phi) is 6.76. The Hall–Kier alpha value is -1.80. The van der Waals surface area contributed by atoms with Gasteiger partial charge in [-0.05, 0) is 0 Å². The van der Waals surface area contributed by atoms with Crippen molar-refractivity contribution in [2.24, 2.45) is 11.5 Å². The number of hydrogen-bond donors (Lipinski definition) is 4. The van der Waals surface area contributed by atoms with Gasteiger partial charge < -0.3 is 21.7 Å². The standard InChI is InChI=1S/C10H16N2O6/c11-9(5(13)1-3-7(15)16)10(12)6(14)2-4-8(17)18/h9-10H,1-4,11-12H2,(H,15,16)(H,17,18). The normalized spacial score (nSPS) is 13.7. The summed E-state index contributed by atoms with van der Waals surface area (Å²) in [5, 5.41) is 16.8. The summed E-state index contributed by atoms with van der Waals surface area (Å²) in [6.07, 6.45) is -1.39. The van der Waals surface area contributed by atoms with Crippen molar-refractivity contribution in [3.63, 3.8) is 0 Å². The molecule has 8 heteroatoms. The third-order valence-electron chi connectivity index (χ3n) is 2.30. The van der Waals surface area contributed by atoms with E-state index in [2.05, 4.69) is 0 Å². The molecule has 0 spiro atoms. The topological polar surface area (TPSA) is 161 Å². The van der Waals surface area contributed by atoms with Crippen molar-refractivity contribution in [1.82, 2.24) is 0 Å². The molecule has 0 fully saturated rings. The highest BCUT2D eigenvalue weighted by Gasteiger charge is 2.27. The lowest BCUT2D eigenvalue weighted by molar-refractivity contribution is -0.139. The van der Waals surface area contributed by atoms with E-state index in [-0.39, 0.29) is 25.7 Å². The van der Waals surface area contributed by atoms with Gasteiger partial charge >= 0.3 is 11.9 Å². The van der Waals surface area contributed by atoms with E-state index in [1.807, 2.05) is 0 Å². The first-order valence-corrected chi connectivity index (χ1v) is 5.26. The second kappa shape index (κ2) is 7.51. The van der Waals surface area contributed by atoms with E-state index in [9.17, 15) is 19.2 Å². The molecule has 0 aliphatic rings. The van der Waals surface area contributed by atoms with E-state index in [0.29, 0.717) is 0 Å². The van der Waals surface area contributed by atoms with Crippen LogP contribution in [-0.2, 0) is 19.2 Å². The maximum atomic E-state index is 11.4. The number of carbonyl (C=O) groups excluding carboxylic acids is 2. The molecule has 18 heavy (non-hydrogen) atoms. The van der Waals surface area contributed by atoms with Gasteiger partial charge in [-0.25, -0.2) is 0 Å². The van der Waals surface area contributed by atoms with Crippen LogP contribution in [0.2, 0.25) is 0 Å². The van der Waals surface area contributed by atoms with Gasteiger partial charge in [0.2, 0.25) is 0 Å². The van der Waals surface area contributed by atoms with Crippen LogP contribution in [0, 0.1) is 0 Å². The lowest BCUT2D eigenvalue weighted by Gasteiger charge is -2.16. The highest BCUT2D eigenvalue weighted by molar-refractivity contribution is 5.95. The number of carboxylic acid groups (broad SMARTS) is 2. The fourth-order valence-electron chi connectivity index (χ4n) is 1.19. The number of nitrogens with two attached hydrogens (primary N) is 2. The second-order valence-corrected chi connectivity index (χ2v) is 3.77. The van der Waals surface area contributed by atoms with Crippen molar-refractivity contribution in [3.05, 3.63) is 0 Å². The number of carbonyl (C=O) groups is 4. The fourth-order valence-corrected chi connectivity index (χ4v) is 1.19. The molecule has 0 bridgehead atoms. The number of carboxylic acids is 2. The Morgan fingerprint density at radius 3 is 1.22 bits per heavy atom. The second-order valence-electron chi connectivity index (χ2n) is 3.77. The number of Topliss-reactive ketones (excluding diaryl/α,β-unsaturated/α-hetero) is 2. The molecule has 0 radical (unpaired) electrons. The lowest BCUT2D eigenvalue weighted by Crippen LogP contribution is -2.51. The van der Waals surface area contributed by atoms with Gasteiger partial charge in [0.25, 0.3) is 0 Å². The highest BCUT2D eigenvalue weighted by Crippen LogP contribution is 2.02. The Bertz CT molecular complexity index is 320. The first kappa shape index (κ1) is 16.2. The van der Waals surface area contributed by atoms with Crippen LogP contribution >= 0.6 is 0 Å². The first-order valence-electron chi connectivity index (χ1n) is 5.26. The largest absolute Gasteiger partial charge is 0.481 e. The molecular weight excluding hydrogens is 244 g/mol. The minimum atomic E-state index is -1.30. The summed E-state index contributed by atoms with van der Waals surface area (Å²) in [5.74, 6) is -3.56. The summed E-state index contributed by atoms with van der Waals surface area (Å²) in [6.45, 7) is 0. The van der Waals surface area contributed by atoms with Crippen molar-refractivity contribution in [3.8, 4) is 0 Å². The van der Waals surface area contributed by atoms with E-state index in [0.717, 1.165) is 0 Å². The number of aliphatic carboxylic acids is 2. The molecule has 0 aromatic rings. The minimum Gasteiger partial charge on any atom is -0.481 e. The maximum absolute atomic E-state index is 11.4. The summed E-state index contributed by atoms with van der Waals surface area (Å²) < 4.78 is 0. The van der Waals surface area contributed by atoms with E-state index in [4.69, 9.17) is 21.7 Å². The fraction of sp³-hybridized carbons (Fsp3) is 0.600. The summed E-state index contributed by atoms with van der Waals surface area (Å²) >= 11 is 0. The molecule has 0 heterocycles. The van der Waals surface area contributed by atoms with Crippen molar-refractivity contribution in [2.75, 3.05) is 0 Å². The summed E-state index contributed by atoms with van der Waals surface area (Å²) in [4.78, 5) is 43.3. The Labute approximate surface area is 103 Å². The van der Waals surface area contributed by atoms with Crippen LogP contribution in [-0.4, -0.2) is 45.8 Å². The first-order chi connectivity index (χ1) is 8.25. The van der Waals surface area contributed by atoms with E-state index >= 15 is 0 Å². The van der Waals surface area contributed by atoms with Crippen LogP contribution < -0.4 is 11.5 Å². The molecule has 0 rings (SSSR count). The summed E-state index contributed by atoms with van der Waals surface area (Å²) in [7, 11) is 0. The van der Waals surface area contributed by atoms with Crippen LogP contribution in [0.15, 0.2) is 0 Å². The zero-order valence-corrected chi connectivity index (χ0v) is 9.67. The average molecular weight is 260 g/mol. The van der Waals surface area contributed by atoms with Crippen LogP contribution in [0.25, 0.3) is 0 Å². The van der Waals surface area contributed by atoms with Gasteiger partial charge in [-0.2, -0.15) is 0 Å². The van der Waals surface area contributed by atoms with Crippen LogP contribution in [0.1, 0.15) is 25.7 Å². The van der Waals surface area contributed by atoms with Gasteiger partial charge in [0.05, 0.1) is 24.9 Å². The predicted molar refractivity (Wildman–Crippen MR) is 59.7 cm³/mol. The third-order valence-corrected chi connectivity index (χ3v) is 2.30. The van der Waals surface area contributed by atoms with Gasteiger partial charge in [-0.15, -0.1) is 0 Å². The molecule has 0 saturated carbocycles. The van der Waals surface area contributed by atoms with Gasteiger partial charge in [0.15, 0.2) is 11.6 Å². The summed E-state index contributed by atoms with van der Waals surface area (Å²) in [5.41, 5.74) is 10.8. The summed E-state index contributed by atoms with van der Waals surface area (Å²) in [6, 6.07) is -2.60.